The van der Waals surface area contributed by atoms with Crippen LogP contribution in [0.15, 0.2) is 59.5 Å². The maximum absolute atomic E-state index is 14.1. The summed E-state index contributed by atoms with van der Waals surface area (Å²) in [5, 5.41) is 9.53. The zero-order chi connectivity index (χ0) is 30.4. The van der Waals surface area contributed by atoms with Crippen molar-refractivity contribution in [3.63, 3.8) is 0 Å². The normalized spacial score (nSPS) is 19.9. The van der Waals surface area contributed by atoms with Gasteiger partial charge in [-0.25, -0.2) is 13.9 Å². The number of nitrogens with zero attached hydrogens (tertiary/aromatic N) is 1. The fourth-order valence-corrected chi connectivity index (χ4v) is 8.87. The number of ether oxygens (including phenoxy) is 1. The Morgan fingerprint density at radius 2 is 1.78 bits per heavy atom. The van der Waals surface area contributed by atoms with Crippen LogP contribution in [0.5, 0.6) is 5.75 Å². The van der Waals surface area contributed by atoms with Crippen molar-refractivity contribution in [2.24, 2.45) is 11.3 Å². The van der Waals surface area contributed by atoms with E-state index in [-0.39, 0.29) is 24.7 Å². The SMILES string of the molecule is CC#CCOc1ccc(S(=O)(=O)N2C[C@H](C(C(=O)O)C(C)(C)C)SC(C)(C)[C@@H]2C(=O)NOCc2ccccc2)cc1. The molecule has 2 aromatic rings. The van der Waals surface area contributed by atoms with Crippen molar-refractivity contribution in [3.8, 4) is 17.6 Å². The first-order valence-electron chi connectivity index (χ1n) is 13.2. The number of aliphatic carboxylic acids is 1. The molecule has 1 aliphatic heterocycles. The van der Waals surface area contributed by atoms with Crippen LogP contribution in [0.25, 0.3) is 0 Å². The Hall–Kier alpha value is -3.04. The van der Waals surface area contributed by atoms with Crippen LogP contribution >= 0.6 is 11.8 Å². The Morgan fingerprint density at radius 1 is 1.15 bits per heavy atom. The Balaban J connectivity index is 1.97. The van der Waals surface area contributed by atoms with Crippen LogP contribution < -0.4 is 10.2 Å². The summed E-state index contributed by atoms with van der Waals surface area (Å²) in [4.78, 5) is 31.4. The lowest BCUT2D eigenvalue weighted by Gasteiger charge is -2.49. The number of hydrogen-bond donors (Lipinski definition) is 2. The molecule has 41 heavy (non-hydrogen) atoms. The standard InChI is InChI=1S/C30H38N2O7S2/c1-7-8-18-38-22-14-16-23(17-15-22)41(36,37)32-19-24(25(28(34)35)29(2,3)4)40-30(5,6)26(32)27(33)31-39-20-21-12-10-9-11-13-21/h9-17,24-26H,18-20H2,1-6H3,(H,31,33)(H,34,35)/t24-,25?,26+/m1/s1. The van der Waals surface area contributed by atoms with E-state index in [1.165, 1.54) is 36.0 Å². The van der Waals surface area contributed by atoms with Crippen LogP contribution in [0.3, 0.4) is 0 Å². The molecular weight excluding hydrogens is 564 g/mol. The van der Waals surface area contributed by atoms with E-state index in [9.17, 15) is 23.1 Å². The largest absolute Gasteiger partial charge is 0.481 e. The number of carbonyl (C=O) groups excluding carboxylic acids is 1. The van der Waals surface area contributed by atoms with E-state index in [0.29, 0.717) is 5.75 Å². The molecule has 9 nitrogen and oxygen atoms in total. The fourth-order valence-electron chi connectivity index (χ4n) is 4.92. The highest BCUT2D eigenvalue weighted by atomic mass is 32.2. The third-order valence-corrected chi connectivity index (χ3v) is 10.2. The van der Waals surface area contributed by atoms with Gasteiger partial charge in [-0.05, 0) is 56.0 Å². The molecule has 1 amide bonds. The van der Waals surface area contributed by atoms with Crippen molar-refractivity contribution in [2.75, 3.05) is 13.2 Å². The Kier molecular flexibility index (Phi) is 10.5. The van der Waals surface area contributed by atoms with Crippen molar-refractivity contribution in [3.05, 3.63) is 60.2 Å². The van der Waals surface area contributed by atoms with Gasteiger partial charge in [-0.3, -0.25) is 14.4 Å². The predicted molar refractivity (Wildman–Crippen MR) is 158 cm³/mol. The van der Waals surface area contributed by atoms with E-state index >= 15 is 0 Å². The first-order chi connectivity index (χ1) is 19.2. The number of thioether (sulfide) groups is 1. The van der Waals surface area contributed by atoms with Gasteiger partial charge in [0.25, 0.3) is 5.91 Å². The van der Waals surface area contributed by atoms with Crippen molar-refractivity contribution in [2.45, 2.75) is 69.1 Å². The van der Waals surface area contributed by atoms with Gasteiger partial charge in [0.2, 0.25) is 10.0 Å². The fraction of sp³-hybridized carbons (Fsp3) is 0.467. The van der Waals surface area contributed by atoms with Gasteiger partial charge in [0, 0.05) is 16.5 Å². The molecule has 0 aliphatic carbocycles. The highest BCUT2D eigenvalue weighted by Crippen LogP contribution is 2.47. The van der Waals surface area contributed by atoms with Gasteiger partial charge < -0.3 is 9.84 Å². The third kappa shape index (κ3) is 8.04. The minimum Gasteiger partial charge on any atom is -0.481 e. The minimum atomic E-state index is -4.26. The molecule has 11 heteroatoms. The Bertz CT molecular complexity index is 1380. The van der Waals surface area contributed by atoms with Gasteiger partial charge in [0.15, 0.2) is 0 Å². The molecule has 222 valence electrons. The molecule has 1 heterocycles. The molecule has 3 rings (SSSR count). The number of carboxylic acid groups (broad SMARTS) is 1. The number of nitrogens with one attached hydrogen (secondary N) is 1. The maximum Gasteiger partial charge on any atom is 0.308 e. The zero-order valence-corrected chi connectivity index (χ0v) is 25.8. The molecule has 0 aromatic heterocycles. The van der Waals surface area contributed by atoms with E-state index in [0.717, 1.165) is 9.87 Å². The molecule has 1 aliphatic rings. The molecule has 2 aromatic carbocycles. The Morgan fingerprint density at radius 3 is 2.34 bits per heavy atom. The molecule has 3 atom stereocenters. The maximum atomic E-state index is 14.1. The van der Waals surface area contributed by atoms with Crippen molar-refractivity contribution < 1.29 is 32.7 Å². The number of amides is 1. The van der Waals surface area contributed by atoms with Crippen molar-refractivity contribution in [1.29, 1.82) is 0 Å². The molecular formula is C30H38N2O7S2. The lowest BCUT2D eigenvalue weighted by Crippen LogP contribution is -2.64. The third-order valence-electron chi connectivity index (χ3n) is 6.75. The predicted octanol–water partition coefficient (Wildman–Crippen LogP) is 4.34. The number of rotatable bonds is 10. The van der Waals surface area contributed by atoms with E-state index in [2.05, 4.69) is 17.3 Å². The highest BCUT2D eigenvalue weighted by molar-refractivity contribution is 8.01. The van der Waals surface area contributed by atoms with Crippen LogP contribution in [-0.4, -0.2) is 58.9 Å². The average molecular weight is 603 g/mol. The summed E-state index contributed by atoms with van der Waals surface area (Å²) in [6.07, 6.45) is 0. The Labute approximate surface area is 247 Å². The topological polar surface area (TPSA) is 122 Å². The summed E-state index contributed by atoms with van der Waals surface area (Å²) in [6.45, 7) is 10.7. The number of sulfonamides is 1. The second-order valence-corrected chi connectivity index (χ2v) is 15.1. The molecule has 0 saturated carbocycles. The molecule has 0 bridgehead atoms. The smallest absolute Gasteiger partial charge is 0.308 e. The molecule has 1 fully saturated rings. The first kappa shape index (κ1) is 32.5. The molecule has 1 unspecified atom stereocenters. The second-order valence-electron chi connectivity index (χ2n) is 11.3. The van der Waals surface area contributed by atoms with Gasteiger partial charge in [-0.15, -0.1) is 17.7 Å². The number of hydrogen-bond acceptors (Lipinski definition) is 7. The summed E-state index contributed by atoms with van der Waals surface area (Å²) in [5.74, 6) is 3.42. The van der Waals surface area contributed by atoms with Crippen molar-refractivity contribution >= 4 is 33.7 Å². The van der Waals surface area contributed by atoms with Gasteiger partial charge >= 0.3 is 5.97 Å². The van der Waals surface area contributed by atoms with Crippen LogP contribution in [0.1, 0.15) is 47.1 Å². The average Bonchev–Trinajstić information content (AvgIpc) is 2.87. The van der Waals surface area contributed by atoms with E-state index in [1.807, 2.05) is 51.1 Å². The number of benzene rings is 2. The van der Waals surface area contributed by atoms with Gasteiger partial charge in [-0.2, -0.15) is 4.31 Å². The minimum absolute atomic E-state index is 0.0430. The molecule has 2 N–H and O–H groups in total. The van der Waals surface area contributed by atoms with Gasteiger partial charge in [-0.1, -0.05) is 57.0 Å². The van der Waals surface area contributed by atoms with Gasteiger partial charge in [0.05, 0.1) is 17.4 Å². The van der Waals surface area contributed by atoms with Crippen LogP contribution in [0, 0.1) is 23.2 Å². The second kappa shape index (κ2) is 13.3. The summed E-state index contributed by atoms with van der Waals surface area (Å²) < 4.78 is 33.9. The van der Waals surface area contributed by atoms with E-state index in [4.69, 9.17) is 9.57 Å². The molecule has 1 saturated heterocycles. The lowest BCUT2D eigenvalue weighted by atomic mass is 9.78. The monoisotopic (exact) mass is 602 g/mol. The van der Waals surface area contributed by atoms with Crippen LogP contribution in [0.4, 0.5) is 0 Å². The summed E-state index contributed by atoms with van der Waals surface area (Å²) in [5.41, 5.74) is 2.60. The van der Waals surface area contributed by atoms with Gasteiger partial charge in [0.1, 0.15) is 18.4 Å². The van der Waals surface area contributed by atoms with E-state index < -0.39 is 49.3 Å². The summed E-state index contributed by atoms with van der Waals surface area (Å²) >= 11 is 1.31. The molecule has 0 spiro atoms. The lowest BCUT2D eigenvalue weighted by molar-refractivity contribution is -0.145. The first-order valence-corrected chi connectivity index (χ1v) is 15.5. The quantitative estimate of drug-likeness (QED) is 0.304. The summed E-state index contributed by atoms with van der Waals surface area (Å²) in [6, 6.07) is 13.9. The number of hydroxylamine groups is 1. The number of carbonyl (C=O) groups is 2. The molecule has 0 radical (unpaired) electrons. The van der Waals surface area contributed by atoms with E-state index in [1.54, 1.807) is 20.8 Å². The number of carboxylic acids is 1. The zero-order valence-electron chi connectivity index (χ0n) is 24.2. The van der Waals surface area contributed by atoms with Crippen molar-refractivity contribution in [1.82, 2.24) is 9.79 Å². The van der Waals surface area contributed by atoms with Crippen LogP contribution in [0.2, 0.25) is 0 Å². The summed E-state index contributed by atoms with van der Waals surface area (Å²) in [7, 11) is -4.26. The van der Waals surface area contributed by atoms with Crippen LogP contribution in [-0.2, 0) is 31.1 Å². The highest BCUT2D eigenvalue weighted by Gasteiger charge is 2.54.